The Kier molecular flexibility index (Phi) is 2.68. The van der Waals surface area contributed by atoms with Gasteiger partial charge in [-0.25, -0.2) is 4.79 Å². The normalized spacial score (nSPS) is 10.5. The average Bonchev–Trinajstić information content (AvgIpc) is 2.67. The van der Waals surface area contributed by atoms with Gasteiger partial charge in [0.15, 0.2) is 0 Å². The third kappa shape index (κ3) is 1.72. The van der Waals surface area contributed by atoms with Crippen molar-refractivity contribution in [2.75, 3.05) is 6.61 Å². The molecule has 0 aliphatic rings. The molecule has 2 aromatic rings. The predicted molar refractivity (Wildman–Crippen MR) is 57.5 cm³/mol. The Morgan fingerprint density at radius 2 is 2.33 bits per heavy atom. The van der Waals surface area contributed by atoms with E-state index in [-0.39, 0.29) is 5.97 Å². The topological polar surface area (TPSA) is 67.9 Å². The van der Waals surface area contributed by atoms with Crippen LogP contribution in [0.5, 0.6) is 0 Å². The zero-order valence-corrected chi connectivity index (χ0v) is 9.54. The van der Waals surface area contributed by atoms with Crippen LogP contribution >= 0.6 is 15.9 Å². The van der Waals surface area contributed by atoms with Crippen molar-refractivity contribution in [2.45, 2.75) is 6.92 Å². The molecule has 6 heteroatoms. The van der Waals surface area contributed by atoms with Crippen LogP contribution in [0.4, 0.5) is 0 Å². The lowest BCUT2D eigenvalue weighted by molar-refractivity contribution is 0.0525. The molecule has 0 spiro atoms. The molecule has 0 saturated carbocycles. The number of carbonyl (C=O) groups excluding carboxylic acids is 1. The molecule has 1 heterocycles. The summed E-state index contributed by atoms with van der Waals surface area (Å²) < 4.78 is 5.51. The molecule has 0 radical (unpaired) electrons. The number of nitrogens with one attached hydrogen (secondary N) is 1. The van der Waals surface area contributed by atoms with E-state index in [1.165, 1.54) is 0 Å². The second-order valence-electron chi connectivity index (χ2n) is 2.84. The van der Waals surface area contributed by atoms with Crippen molar-refractivity contribution < 1.29 is 9.53 Å². The number of fused-ring (bicyclic) bond motifs is 1. The first-order valence-electron chi connectivity index (χ1n) is 4.40. The van der Waals surface area contributed by atoms with Gasteiger partial charge in [-0.2, -0.15) is 15.4 Å². The van der Waals surface area contributed by atoms with Gasteiger partial charge >= 0.3 is 5.97 Å². The third-order valence-electron chi connectivity index (χ3n) is 1.92. The minimum Gasteiger partial charge on any atom is -0.462 e. The molecule has 2 rings (SSSR count). The van der Waals surface area contributed by atoms with Gasteiger partial charge in [-0.15, -0.1) is 0 Å². The van der Waals surface area contributed by atoms with Crippen LogP contribution in [0.15, 0.2) is 16.6 Å². The van der Waals surface area contributed by atoms with Gasteiger partial charge < -0.3 is 4.74 Å². The quantitative estimate of drug-likeness (QED) is 0.846. The van der Waals surface area contributed by atoms with Crippen LogP contribution in [0.25, 0.3) is 11.0 Å². The number of esters is 1. The second kappa shape index (κ2) is 3.98. The summed E-state index contributed by atoms with van der Waals surface area (Å²) in [6, 6.07) is 3.38. The van der Waals surface area contributed by atoms with E-state index in [0.29, 0.717) is 27.7 Å². The zero-order valence-electron chi connectivity index (χ0n) is 7.95. The number of halogens is 1. The highest BCUT2D eigenvalue weighted by atomic mass is 79.9. The van der Waals surface area contributed by atoms with Gasteiger partial charge in [0.05, 0.1) is 16.6 Å². The Morgan fingerprint density at radius 3 is 3.07 bits per heavy atom. The molecule has 0 bridgehead atoms. The van der Waals surface area contributed by atoms with Gasteiger partial charge in [0, 0.05) is 0 Å². The van der Waals surface area contributed by atoms with Crippen LogP contribution < -0.4 is 0 Å². The minimum atomic E-state index is -0.366. The first-order chi connectivity index (χ1) is 7.24. The number of benzene rings is 1. The SMILES string of the molecule is CCOC(=O)c1ccc2n[nH]nc2c1Br. The summed E-state index contributed by atoms with van der Waals surface area (Å²) in [6.07, 6.45) is 0. The Labute approximate surface area is 93.9 Å². The standard InChI is InChI=1S/C9H8BrN3O2/c1-2-15-9(14)5-3-4-6-8(7(5)10)12-13-11-6/h3-4H,2H2,1H3,(H,11,12,13). The van der Waals surface area contributed by atoms with E-state index in [1.807, 2.05) is 0 Å². The molecule has 78 valence electrons. The molecule has 0 atom stereocenters. The number of nitrogens with zero attached hydrogens (tertiary/aromatic N) is 2. The van der Waals surface area contributed by atoms with Crippen molar-refractivity contribution in [3.63, 3.8) is 0 Å². The van der Waals surface area contributed by atoms with Gasteiger partial charge in [0.2, 0.25) is 0 Å². The van der Waals surface area contributed by atoms with Gasteiger partial charge in [-0.1, -0.05) is 0 Å². The van der Waals surface area contributed by atoms with E-state index in [2.05, 4.69) is 31.3 Å². The molecule has 0 saturated heterocycles. The van der Waals surface area contributed by atoms with Crippen LogP contribution in [0.3, 0.4) is 0 Å². The van der Waals surface area contributed by atoms with Crippen LogP contribution in [0.2, 0.25) is 0 Å². The molecule has 1 N–H and O–H groups in total. The number of H-pyrrole nitrogens is 1. The average molecular weight is 270 g/mol. The van der Waals surface area contributed by atoms with Crippen molar-refractivity contribution in [2.24, 2.45) is 0 Å². The van der Waals surface area contributed by atoms with Gasteiger partial charge in [0.25, 0.3) is 0 Å². The maximum absolute atomic E-state index is 11.5. The number of rotatable bonds is 2. The first kappa shape index (κ1) is 10.1. The van der Waals surface area contributed by atoms with E-state index in [4.69, 9.17) is 4.74 Å². The molecule has 0 fully saturated rings. The maximum Gasteiger partial charge on any atom is 0.339 e. The van der Waals surface area contributed by atoms with Crippen LogP contribution in [-0.2, 0) is 4.74 Å². The second-order valence-corrected chi connectivity index (χ2v) is 3.63. The molecular formula is C9H8BrN3O2. The molecule has 0 amide bonds. The Balaban J connectivity index is 2.52. The summed E-state index contributed by atoms with van der Waals surface area (Å²) in [5.74, 6) is -0.366. The number of hydrogen-bond donors (Lipinski definition) is 1. The highest BCUT2D eigenvalue weighted by molar-refractivity contribution is 9.10. The lowest BCUT2D eigenvalue weighted by Gasteiger charge is -2.03. The highest BCUT2D eigenvalue weighted by Crippen LogP contribution is 2.25. The highest BCUT2D eigenvalue weighted by Gasteiger charge is 2.15. The van der Waals surface area contributed by atoms with E-state index in [0.717, 1.165) is 0 Å². The fraction of sp³-hybridized carbons (Fsp3) is 0.222. The largest absolute Gasteiger partial charge is 0.462 e. The van der Waals surface area contributed by atoms with Crippen molar-refractivity contribution in [1.29, 1.82) is 0 Å². The molecule has 5 nitrogen and oxygen atoms in total. The van der Waals surface area contributed by atoms with E-state index >= 15 is 0 Å². The van der Waals surface area contributed by atoms with Crippen molar-refractivity contribution >= 4 is 32.9 Å². The van der Waals surface area contributed by atoms with Gasteiger partial charge in [-0.3, -0.25) is 0 Å². The number of aromatic amines is 1. The summed E-state index contributed by atoms with van der Waals surface area (Å²) in [4.78, 5) is 11.5. The Morgan fingerprint density at radius 1 is 1.53 bits per heavy atom. The molecule has 0 aliphatic carbocycles. The van der Waals surface area contributed by atoms with E-state index in [1.54, 1.807) is 19.1 Å². The van der Waals surface area contributed by atoms with Gasteiger partial charge in [0.1, 0.15) is 11.0 Å². The van der Waals surface area contributed by atoms with Crippen molar-refractivity contribution in [1.82, 2.24) is 15.4 Å². The molecular weight excluding hydrogens is 262 g/mol. The first-order valence-corrected chi connectivity index (χ1v) is 5.19. The lowest BCUT2D eigenvalue weighted by Crippen LogP contribution is -2.05. The van der Waals surface area contributed by atoms with E-state index < -0.39 is 0 Å². The fourth-order valence-electron chi connectivity index (χ4n) is 1.25. The number of hydrogen-bond acceptors (Lipinski definition) is 4. The smallest absolute Gasteiger partial charge is 0.339 e. The van der Waals surface area contributed by atoms with Gasteiger partial charge in [-0.05, 0) is 35.0 Å². The van der Waals surface area contributed by atoms with E-state index in [9.17, 15) is 4.79 Å². The zero-order chi connectivity index (χ0) is 10.8. The third-order valence-corrected chi connectivity index (χ3v) is 2.73. The minimum absolute atomic E-state index is 0.349. The number of ether oxygens (including phenoxy) is 1. The summed E-state index contributed by atoms with van der Waals surface area (Å²) in [6.45, 7) is 2.11. The summed E-state index contributed by atoms with van der Waals surface area (Å²) in [7, 11) is 0. The monoisotopic (exact) mass is 269 g/mol. The number of carbonyl (C=O) groups is 1. The summed E-state index contributed by atoms with van der Waals surface area (Å²) >= 11 is 3.31. The molecule has 1 aromatic carbocycles. The fourth-order valence-corrected chi connectivity index (χ4v) is 1.83. The molecule has 15 heavy (non-hydrogen) atoms. The maximum atomic E-state index is 11.5. The summed E-state index contributed by atoms with van der Waals surface area (Å²) in [5.41, 5.74) is 1.79. The molecule has 0 aliphatic heterocycles. The van der Waals surface area contributed by atoms with Crippen molar-refractivity contribution in [3.8, 4) is 0 Å². The molecule has 1 aromatic heterocycles. The predicted octanol–water partition coefficient (Wildman–Crippen LogP) is 1.90. The number of aromatic nitrogens is 3. The van der Waals surface area contributed by atoms with Crippen LogP contribution in [0, 0.1) is 0 Å². The molecule has 0 unspecified atom stereocenters. The lowest BCUT2D eigenvalue weighted by atomic mass is 10.2. The summed E-state index contributed by atoms with van der Waals surface area (Å²) in [5, 5.41) is 10.3. The van der Waals surface area contributed by atoms with Crippen LogP contribution in [-0.4, -0.2) is 28.0 Å². The Hall–Kier alpha value is -1.43. The van der Waals surface area contributed by atoms with Crippen molar-refractivity contribution in [3.05, 3.63) is 22.2 Å². The Bertz CT molecular complexity index is 509. The van der Waals surface area contributed by atoms with Crippen LogP contribution in [0.1, 0.15) is 17.3 Å².